The molecular formula is C16H17ClN2O5. The lowest BCUT2D eigenvalue weighted by atomic mass is 10.0. The van der Waals surface area contributed by atoms with Crippen molar-refractivity contribution in [3.05, 3.63) is 28.8 Å². The maximum Gasteiger partial charge on any atom is 0.412 e. The van der Waals surface area contributed by atoms with Crippen molar-refractivity contribution in [2.24, 2.45) is 0 Å². The third kappa shape index (κ3) is 3.30. The van der Waals surface area contributed by atoms with E-state index in [9.17, 15) is 9.59 Å². The fraction of sp³-hybridized carbons (Fsp3) is 0.250. The Bertz CT molecular complexity index is 807. The molecule has 0 spiro atoms. The largest absolute Gasteiger partial charge is 0.492 e. The van der Waals surface area contributed by atoms with Gasteiger partial charge < -0.3 is 24.8 Å². The molecule has 0 saturated carbocycles. The predicted molar refractivity (Wildman–Crippen MR) is 90.4 cm³/mol. The highest BCUT2D eigenvalue weighted by atomic mass is 35.5. The summed E-state index contributed by atoms with van der Waals surface area (Å²) in [6.07, 6.45) is -1.29. The molecule has 2 aromatic rings. The first-order valence-corrected chi connectivity index (χ1v) is 7.39. The maximum absolute atomic E-state index is 11.7. The Labute approximate surface area is 143 Å². The van der Waals surface area contributed by atoms with Crippen LogP contribution in [-0.2, 0) is 0 Å². The number of rotatable bonds is 3. The van der Waals surface area contributed by atoms with Gasteiger partial charge in [-0.15, -0.1) is 0 Å². The van der Waals surface area contributed by atoms with Gasteiger partial charge in [0.05, 0.1) is 7.11 Å². The molecule has 0 aliphatic rings. The van der Waals surface area contributed by atoms with Crippen LogP contribution in [0.4, 0.5) is 9.59 Å². The van der Waals surface area contributed by atoms with Gasteiger partial charge in [-0.3, -0.25) is 0 Å². The van der Waals surface area contributed by atoms with E-state index in [-0.39, 0.29) is 11.5 Å². The van der Waals surface area contributed by atoms with E-state index in [0.29, 0.717) is 27.1 Å². The predicted octanol–water partition coefficient (Wildman–Crippen LogP) is 3.25. The minimum atomic E-state index is -0.658. The molecule has 128 valence electrons. The van der Waals surface area contributed by atoms with Gasteiger partial charge in [0.2, 0.25) is 0 Å². The lowest BCUT2D eigenvalue weighted by molar-refractivity contribution is 0.199. The number of carbonyl (C=O) groups excluding carboxylic acids is 2. The summed E-state index contributed by atoms with van der Waals surface area (Å²) in [6, 6.07) is 4.93. The molecule has 8 heteroatoms. The summed E-state index contributed by atoms with van der Waals surface area (Å²) in [4.78, 5) is 23.3. The summed E-state index contributed by atoms with van der Waals surface area (Å²) < 4.78 is 16.0. The van der Waals surface area contributed by atoms with E-state index in [1.165, 1.54) is 21.2 Å². The lowest BCUT2D eigenvalue weighted by Crippen LogP contribution is -2.24. The fourth-order valence-corrected chi connectivity index (χ4v) is 2.44. The van der Waals surface area contributed by atoms with Gasteiger partial charge in [0.25, 0.3) is 0 Å². The fourth-order valence-electron chi connectivity index (χ4n) is 2.27. The highest BCUT2D eigenvalue weighted by molar-refractivity contribution is 6.31. The molecule has 7 nitrogen and oxygen atoms in total. The average molecular weight is 353 g/mol. The summed E-state index contributed by atoms with van der Waals surface area (Å²) >= 11 is 6.06. The Morgan fingerprint density at radius 3 is 2.08 bits per heavy atom. The molecule has 0 bridgehead atoms. The van der Waals surface area contributed by atoms with Crippen LogP contribution in [0.1, 0.15) is 5.56 Å². The third-order valence-corrected chi connectivity index (χ3v) is 3.60. The van der Waals surface area contributed by atoms with Crippen LogP contribution < -0.4 is 24.8 Å². The second-order valence-electron chi connectivity index (χ2n) is 4.79. The summed E-state index contributed by atoms with van der Waals surface area (Å²) in [7, 11) is 4.33. The van der Waals surface area contributed by atoms with E-state index in [2.05, 4.69) is 10.6 Å². The van der Waals surface area contributed by atoms with E-state index in [0.717, 1.165) is 0 Å². The van der Waals surface area contributed by atoms with E-state index in [1.807, 2.05) is 0 Å². The molecule has 0 radical (unpaired) electrons. The van der Waals surface area contributed by atoms with Crippen LogP contribution in [0, 0.1) is 6.92 Å². The highest BCUT2D eigenvalue weighted by Crippen LogP contribution is 2.46. The molecule has 0 fully saturated rings. The van der Waals surface area contributed by atoms with Crippen LogP contribution in [-0.4, -0.2) is 33.4 Å². The molecule has 0 aliphatic heterocycles. The molecule has 2 N–H and O–H groups in total. The SMILES string of the molecule is CNC(=O)Oc1c(C)c(OC)c(OC(=O)NC)c2cc(Cl)ccc12. The zero-order valence-corrected chi connectivity index (χ0v) is 14.4. The van der Waals surface area contributed by atoms with Crippen molar-refractivity contribution in [2.45, 2.75) is 6.92 Å². The van der Waals surface area contributed by atoms with Crippen LogP contribution >= 0.6 is 11.6 Å². The topological polar surface area (TPSA) is 85.9 Å². The quantitative estimate of drug-likeness (QED) is 0.885. The number of ether oxygens (including phenoxy) is 3. The second kappa shape index (κ2) is 7.27. The van der Waals surface area contributed by atoms with Crippen molar-refractivity contribution in [2.75, 3.05) is 21.2 Å². The standard InChI is InChI=1S/C16H17ClN2O5/c1-8-12(23-15(20)18-2)10-6-5-9(17)7-11(10)14(13(8)22-4)24-16(21)19-3/h5-7H,1-4H3,(H,18,20)(H,19,21). The summed E-state index contributed by atoms with van der Waals surface area (Å²) in [6.45, 7) is 1.70. The molecule has 24 heavy (non-hydrogen) atoms. The Balaban J connectivity index is 2.80. The van der Waals surface area contributed by atoms with Gasteiger partial charge in [-0.05, 0) is 25.1 Å². The minimum absolute atomic E-state index is 0.191. The number of amides is 2. The van der Waals surface area contributed by atoms with Crippen molar-refractivity contribution in [3.8, 4) is 17.2 Å². The van der Waals surface area contributed by atoms with Crippen LogP contribution in [0.15, 0.2) is 18.2 Å². The molecular weight excluding hydrogens is 336 g/mol. The van der Waals surface area contributed by atoms with Crippen molar-refractivity contribution in [1.82, 2.24) is 10.6 Å². The molecule has 2 aromatic carbocycles. The Hall–Kier alpha value is -2.67. The molecule has 0 unspecified atom stereocenters. The van der Waals surface area contributed by atoms with Crippen LogP contribution in [0.3, 0.4) is 0 Å². The van der Waals surface area contributed by atoms with Gasteiger partial charge in [-0.25, -0.2) is 9.59 Å². The average Bonchev–Trinajstić information content (AvgIpc) is 2.58. The number of halogens is 1. The number of carbonyl (C=O) groups is 2. The van der Waals surface area contributed by atoms with E-state index < -0.39 is 12.2 Å². The molecule has 0 heterocycles. The van der Waals surface area contributed by atoms with E-state index in [1.54, 1.807) is 25.1 Å². The number of benzene rings is 2. The first-order chi connectivity index (χ1) is 11.4. The summed E-state index contributed by atoms with van der Waals surface area (Å²) in [5.41, 5.74) is 0.509. The smallest absolute Gasteiger partial charge is 0.412 e. The normalized spacial score (nSPS) is 10.2. The molecule has 2 amide bonds. The Morgan fingerprint density at radius 2 is 1.54 bits per heavy atom. The summed E-state index contributed by atoms with van der Waals surface area (Å²) in [5, 5.41) is 6.23. The zero-order valence-electron chi connectivity index (χ0n) is 13.7. The van der Waals surface area contributed by atoms with E-state index in [4.69, 9.17) is 25.8 Å². The molecule has 2 rings (SSSR count). The highest BCUT2D eigenvalue weighted by Gasteiger charge is 2.23. The van der Waals surface area contributed by atoms with Gasteiger partial charge in [0, 0.05) is 35.5 Å². The number of fused-ring (bicyclic) bond motifs is 1. The van der Waals surface area contributed by atoms with Gasteiger partial charge >= 0.3 is 12.2 Å². The van der Waals surface area contributed by atoms with Gasteiger partial charge in [0.1, 0.15) is 5.75 Å². The van der Waals surface area contributed by atoms with E-state index >= 15 is 0 Å². The first kappa shape index (κ1) is 17.7. The molecule has 0 atom stereocenters. The van der Waals surface area contributed by atoms with Crippen LogP contribution in [0.5, 0.6) is 17.2 Å². The van der Waals surface area contributed by atoms with Gasteiger partial charge in [0.15, 0.2) is 11.5 Å². The van der Waals surface area contributed by atoms with Crippen molar-refractivity contribution < 1.29 is 23.8 Å². The second-order valence-corrected chi connectivity index (χ2v) is 5.22. The number of methoxy groups -OCH3 is 1. The monoisotopic (exact) mass is 352 g/mol. The Kier molecular flexibility index (Phi) is 5.35. The van der Waals surface area contributed by atoms with Crippen molar-refractivity contribution >= 4 is 34.6 Å². The molecule has 0 aliphatic carbocycles. The summed E-state index contributed by atoms with van der Waals surface area (Å²) in [5.74, 6) is 0.755. The van der Waals surface area contributed by atoms with Crippen LogP contribution in [0.2, 0.25) is 5.02 Å². The van der Waals surface area contributed by atoms with Crippen molar-refractivity contribution in [1.29, 1.82) is 0 Å². The zero-order chi connectivity index (χ0) is 17.9. The molecule has 0 saturated heterocycles. The third-order valence-electron chi connectivity index (χ3n) is 3.36. The maximum atomic E-state index is 11.7. The minimum Gasteiger partial charge on any atom is -0.492 e. The van der Waals surface area contributed by atoms with Crippen LogP contribution in [0.25, 0.3) is 10.8 Å². The van der Waals surface area contributed by atoms with Crippen molar-refractivity contribution in [3.63, 3.8) is 0 Å². The Morgan fingerprint density at radius 1 is 0.958 bits per heavy atom. The van der Waals surface area contributed by atoms with Gasteiger partial charge in [-0.2, -0.15) is 0 Å². The lowest BCUT2D eigenvalue weighted by Gasteiger charge is -2.18. The van der Waals surface area contributed by atoms with Gasteiger partial charge in [-0.1, -0.05) is 11.6 Å². The first-order valence-electron chi connectivity index (χ1n) is 7.01. The number of hydrogen-bond donors (Lipinski definition) is 2. The molecule has 0 aromatic heterocycles. The number of hydrogen-bond acceptors (Lipinski definition) is 5. The number of nitrogens with one attached hydrogen (secondary N) is 2.